The first-order chi connectivity index (χ1) is 8.20. The van der Waals surface area contributed by atoms with Crippen molar-refractivity contribution in [3.8, 4) is 0 Å². The molecule has 0 amide bonds. The Kier molecular flexibility index (Phi) is 4.40. The molecule has 2 rings (SSSR count). The third-order valence-electron chi connectivity index (χ3n) is 3.31. The molecule has 2 N–H and O–H groups in total. The zero-order chi connectivity index (χ0) is 12.3. The van der Waals surface area contributed by atoms with Crippen molar-refractivity contribution in [3.05, 3.63) is 34.9 Å². The quantitative estimate of drug-likeness (QED) is 0.898. The lowest BCUT2D eigenvalue weighted by molar-refractivity contribution is -0.0364. The SMILES string of the molecule is CC(c1cccc(Cl)c1)N1CCOC(CN)C1. The van der Waals surface area contributed by atoms with Crippen LogP contribution in [0.15, 0.2) is 24.3 Å². The Morgan fingerprint density at radius 1 is 1.59 bits per heavy atom. The topological polar surface area (TPSA) is 38.5 Å². The molecule has 4 heteroatoms. The van der Waals surface area contributed by atoms with Gasteiger partial charge in [-0.25, -0.2) is 0 Å². The molecule has 1 saturated heterocycles. The maximum Gasteiger partial charge on any atom is 0.0824 e. The Morgan fingerprint density at radius 2 is 2.41 bits per heavy atom. The van der Waals surface area contributed by atoms with E-state index >= 15 is 0 Å². The molecular weight excluding hydrogens is 236 g/mol. The van der Waals surface area contributed by atoms with Crippen molar-refractivity contribution in [2.75, 3.05) is 26.2 Å². The molecule has 1 fully saturated rings. The second-order valence-corrected chi connectivity index (χ2v) is 4.89. The second kappa shape index (κ2) is 5.83. The fourth-order valence-electron chi connectivity index (χ4n) is 2.21. The molecule has 0 bridgehead atoms. The Labute approximate surface area is 107 Å². The van der Waals surface area contributed by atoms with Crippen LogP contribution < -0.4 is 5.73 Å². The highest BCUT2D eigenvalue weighted by molar-refractivity contribution is 6.30. The molecule has 0 spiro atoms. The summed E-state index contributed by atoms with van der Waals surface area (Å²) in [5, 5.41) is 0.790. The summed E-state index contributed by atoms with van der Waals surface area (Å²) in [4.78, 5) is 2.40. The molecule has 0 saturated carbocycles. The summed E-state index contributed by atoms with van der Waals surface area (Å²) in [5.41, 5.74) is 6.90. The van der Waals surface area contributed by atoms with Crippen LogP contribution in [-0.2, 0) is 4.74 Å². The van der Waals surface area contributed by atoms with Crippen LogP contribution in [0.5, 0.6) is 0 Å². The molecular formula is C13H19ClN2O. The first-order valence-corrected chi connectivity index (χ1v) is 6.39. The van der Waals surface area contributed by atoms with Gasteiger partial charge in [0.25, 0.3) is 0 Å². The van der Waals surface area contributed by atoms with Gasteiger partial charge < -0.3 is 10.5 Å². The molecule has 17 heavy (non-hydrogen) atoms. The van der Waals surface area contributed by atoms with E-state index in [2.05, 4.69) is 17.9 Å². The van der Waals surface area contributed by atoms with Gasteiger partial charge in [-0.15, -0.1) is 0 Å². The first-order valence-electron chi connectivity index (χ1n) is 6.02. The van der Waals surface area contributed by atoms with E-state index in [-0.39, 0.29) is 6.10 Å². The number of morpholine rings is 1. The number of halogens is 1. The summed E-state index contributed by atoms with van der Waals surface area (Å²) in [7, 11) is 0. The van der Waals surface area contributed by atoms with Gasteiger partial charge in [0, 0.05) is 30.7 Å². The summed E-state index contributed by atoms with van der Waals surface area (Å²) >= 11 is 6.02. The standard InChI is InChI=1S/C13H19ClN2O/c1-10(11-3-2-4-12(14)7-11)16-5-6-17-13(8-15)9-16/h2-4,7,10,13H,5-6,8-9,15H2,1H3. The van der Waals surface area contributed by atoms with Crippen molar-refractivity contribution in [3.63, 3.8) is 0 Å². The average molecular weight is 255 g/mol. The van der Waals surface area contributed by atoms with Gasteiger partial charge in [-0.2, -0.15) is 0 Å². The molecule has 0 radical (unpaired) electrons. The van der Waals surface area contributed by atoms with Crippen LogP contribution in [0.4, 0.5) is 0 Å². The summed E-state index contributed by atoms with van der Waals surface area (Å²) < 4.78 is 5.57. The summed E-state index contributed by atoms with van der Waals surface area (Å²) in [6.07, 6.45) is 0.158. The van der Waals surface area contributed by atoms with E-state index in [0.717, 1.165) is 24.7 Å². The third-order valence-corrected chi connectivity index (χ3v) is 3.55. The molecule has 3 nitrogen and oxygen atoms in total. The number of rotatable bonds is 3. The lowest BCUT2D eigenvalue weighted by atomic mass is 10.1. The Hall–Kier alpha value is -0.610. The highest BCUT2D eigenvalue weighted by Gasteiger charge is 2.23. The van der Waals surface area contributed by atoms with E-state index in [9.17, 15) is 0 Å². The van der Waals surface area contributed by atoms with Gasteiger partial charge in [0.05, 0.1) is 12.7 Å². The third kappa shape index (κ3) is 3.19. The Bertz CT molecular complexity index is 372. The molecule has 2 unspecified atom stereocenters. The first kappa shape index (κ1) is 12.8. The van der Waals surface area contributed by atoms with Gasteiger partial charge in [0.1, 0.15) is 0 Å². The zero-order valence-electron chi connectivity index (χ0n) is 10.1. The van der Waals surface area contributed by atoms with Crippen molar-refractivity contribution in [1.82, 2.24) is 4.90 Å². The van der Waals surface area contributed by atoms with Crippen LogP contribution in [0.25, 0.3) is 0 Å². The molecule has 0 aliphatic carbocycles. The van der Waals surface area contributed by atoms with Crippen LogP contribution in [-0.4, -0.2) is 37.2 Å². The lowest BCUT2D eigenvalue weighted by Gasteiger charge is -2.36. The van der Waals surface area contributed by atoms with Gasteiger partial charge >= 0.3 is 0 Å². The van der Waals surface area contributed by atoms with Crippen molar-refractivity contribution in [2.24, 2.45) is 5.73 Å². The van der Waals surface area contributed by atoms with Crippen molar-refractivity contribution in [1.29, 1.82) is 0 Å². The van der Waals surface area contributed by atoms with Gasteiger partial charge in [0.2, 0.25) is 0 Å². The van der Waals surface area contributed by atoms with E-state index in [1.54, 1.807) is 0 Å². The van der Waals surface area contributed by atoms with Crippen LogP contribution in [0.2, 0.25) is 5.02 Å². The molecule has 1 aliphatic rings. The van der Waals surface area contributed by atoms with E-state index in [1.807, 2.05) is 18.2 Å². The van der Waals surface area contributed by atoms with Gasteiger partial charge in [-0.1, -0.05) is 23.7 Å². The maximum absolute atomic E-state index is 6.02. The van der Waals surface area contributed by atoms with Crippen LogP contribution in [0, 0.1) is 0 Å². The number of hydrogen-bond acceptors (Lipinski definition) is 3. The van der Waals surface area contributed by atoms with Gasteiger partial charge in [-0.05, 0) is 24.6 Å². The van der Waals surface area contributed by atoms with Crippen LogP contribution >= 0.6 is 11.6 Å². The minimum atomic E-state index is 0.158. The fraction of sp³-hybridized carbons (Fsp3) is 0.538. The zero-order valence-corrected chi connectivity index (χ0v) is 10.9. The smallest absolute Gasteiger partial charge is 0.0824 e. The summed E-state index contributed by atoms with van der Waals surface area (Å²) in [5.74, 6) is 0. The largest absolute Gasteiger partial charge is 0.374 e. The van der Waals surface area contributed by atoms with E-state index < -0.39 is 0 Å². The summed E-state index contributed by atoms with van der Waals surface area (Å²) in [6.45, 7) is 5.38. The van der Waals surface area contributed by atoms with Crippen molar-refractivity contribution >= 4 is 11.6 Å². The molecule has 1 aromatic carbocycles. The van der Waals surface area contributed by atoms with Gasteiger partial charge in [-0.3, -0.25) is 4.90 Å². The average Bonchev–Trinajstić information content (AvgIpc) is 2.38. The molecule has 2 atom stereocenters. The number of benzene rings is 1. The lowest BCUT2D eigenvalue weighted by Crippen LogP contribution is -2.46. The molecule has 94 valence electrons. The number of nitrogens with zero attached hydrogens (tertiary/aromatic N) is 1. The maximum atomic E-state index is 6.02. The number of ether oxygens (including phenoxy) is 1. The number of nitrogens with two attached hydrogens (primary N) is 1. The molecule has 1 aromatic rings. The highest BCUT2D eigenvalue weighted by atomic mass is 35.5. The fourth-order valence-corrected chi connectivity index (χ4v) is 2.41. The highest BCUT2D eigenvalue weighted by Crippen LogP contribution is 2.24. The summed E-state index contributed by atoms with van der Waals surface area (Å²) in [6, 6.07) is 8.39. The van der Waals surface area contributed by atoms with Crippen molar-refractivity contribution in [2.45, 2.75) is 19.1 Å². The predicted octanol–water partition coefficient (Wildman–Crippen LogP) is 2.06. The molecule has 1 heterocycles. The number of hydrogen-bond donors (Lipinski definition) is 1. The minimum absolute atomic E-state index is 0.158. The Morgan fingerprint density at radius 3 is 3.12 bits per heavy atom. The monoisotopic (exact) mass is 254 g/mol. The van der Waals surface area contributed by atoms with Crippen LogP contribution in [0.1, 0.15) is 18.5 Å². The Balaban J connectivity index is 2.06. The van der Waals surface area contributed by atoms with E-state index in [0.29, 0.717) is 12.6 Å². The molecule has 0 aromatic heterocycles. The second-order valence-electron chi connectivity index (χ2n) is 4.45. The molecule has 1 aliphatic heterocycles. The van der Waals surface area contributed by atoms with Crippen molar-refractivity contribution < 1.29 is 4.74 Å². The normalized spacial score (nSPS) is 23.6. The minimum Gasteiger partial charge on any atom is -0.374 e. The van der Waals surface area contributed by atoms with E-state index in [1.165, 1.54) is 5.56 Å². The van der Waals surface area contributed by atoms with Crippen LogP contribution in [0.3, 0.4) is 0 Å². The van der Waals surface area contributed by atoms with E-state index in [4.69, 9.17) is 22.1 Å². The predicted molar refractivity (Wildman–Crippen MR) is 70.2 cm³/mol. The van der Waals surface area contributed by atoms with Gasteiger partial charge in [0.15, 0.2) is 0 Å².